The summed E-state index contributed by atoms with van der Waals surface area (Å²) in [5.41, 5.74) is 1.35. The molecule has 0 aliphatic rings. The lowest BCUT2D eigenvalue weighted by Gasteiger charge is -2.23. The van der Waals surface area contributed by atoms with Crippen molar-refractivity contribution in [2.45, 2.75) is 25.8 Å². The number of thiol groups is 1. The molecule has 0 saturated heterocycles. The van der Waals surface area contributed by atoms with Crippen molar-refractivity contribution in [3.63, 3.8) is 0 Å². The highest BCUT2D eigenvalue weighted by Gasteiger charge is 2.07. The fraction of sp³-hybridized carbons (Fsp3) is 0.455. The number of hydrogen-bond donors (Lipinski definition) is 1. The summed E-state index contributed by atoms with van der Waals surface area (Å²) in [6.07, 6.45) is 0. The van der Waals surface area contributed by atoms with Crippen molar-refractivity contribution in [1.29, 1.82) is 0 Å². The minimum atomic E-state index is 0.324. The van der Waals surface area contributed by atoms with E-state index >= 15 is 0 Å². The fourth-order valence-corrected chi connectivity index (χ4v) is 1.57. The van der Waals surface area contributed by atoms with Crippen LogP contribution in [0.1, 0.15) is 19.4 Å². The molecule has 72 valence electrons. The van der Waals surface area contributed by atoms with Gasteiger partial charge in [0.15, 0.2) is 0 Å². The summed E-state index contributed by atoms with van der Waals surface area (Å²) in [5, 5.41) is 0.324. The second kappa shape index (κ2) is 5.30. The van der Waals surface area contributed by atoms with Gasteiger partial charge < -0.3 is 0 Å². The first-order valence-electron chi connectivity index (χ1n) is 4.70. The Balaban J connectivity index is 2.57. The van der Waals surface area contributed by atoms with Crippen LogP contribution >= 0.6 is 12.6 Å². The van der Waals surface area contributed by atoms with Gasteiger partial charge >= 0.3 is 0 Å². The normalized spacial score (nSPS) is 13.2. The van der Waals surface area contributed by atoms with E-state index in [2.05, 4.69) is 55.6 Å². The molecule has 1 unspecified atom stereocenters. The van der Waals surface area contributed by atoms with Crippen molar-refractivity contribution < 1.29 is 0 Å². The number of benzene rings is 1. The maximum Gasteiger partial charge on any atom is 0.0502 e. The fourth-order valence-electron chi connectivity index (χ4n) is 1.33. The van der Waals surface area contributed by atoms with Gasteiger partial charge in [-0.1, -0.05) is 37.3 Å². The van der Waals surface area contributed by atoms with E-state index in [1.807, 2.05) is 6.07 Å². The minimum absolute atomic E-state index is 0.324. The van der Waals surface area contributed by atoms with Crippen LogP contribution in [0.4, 0.5) is 0 Å². The average molecular weight is 195 g/mol. The van der Waals surface area contributed by atoms with Gasteiger partial charge in [0.1, 0.15) is 0 Å². The molecule has 0 radical (unpaired) electrons. The largest absolute Gasteiger partial charge is 0.288 e. The highest BCUT2D eigenvalue weighted by Crippen LogP contribution is 2.09. The van der Waals surface area contributed by atoms with Crippen LogP contribution in [0.25, 0.3) is 0 Å². The Labute approximate surface area is 86.2 Å². The zero-order valence-corrected chi connectivity index (χ0v) is 9.17. The smallest absolute Gasteiger partial charge is 0.0502 e. The van der Waals surface area contributed by atoms with Gasteiger partial charge in [0, 0.05) is 6.54 Å². The molecule has 0 N–H and O–H groups in total. The minimum Gasteiger partial charge on any atom is -0.288 e. The molecule has 0 spiro atoms. The van der Waals surface area contributed by atoms with E-state index in [9.17, 15) is 0 Å². The summed E-state index contributed by atoms with van der Waals surface area (Å²) in [5.74, 6) is 0. The lowest BCUT2D eigenvalue weighted by molar-refractivity contribution is 0.274. The van der Waals surface area contributed by atoms with Crippen molar-refractivity contribution in [3.8, 4) is 0 Å². The Morgan fingerprint density at radius 1 is 1.31 bits per heavy atom. The molecule has 0 amide bonds. The van der Waals surface area contributed by atoms with Crippen LogP contribution in [0.3, 0.4) is 0 Å². The molecule has 1 aromatic carbocycles. The van der Waals surface area contributed by atoms with Crippen LogP contribution in [-0.2, 0) is 6.54 Å². The third-order valence-corrected chi connectivity index (χ3v) is 2.49. The Morgan fingerprint density at radius 2 is 1.92 bits per heavy atom. The second-order valence-electron chi connectivity index (χ2n) is 3.18. The molecule has 0 aromatic heterocycles. The van der Waals surface area contributed by atoms with Crippen LogP contribution in [0.15, 0.2) is 30.3 Å². The van der Waals surface area contributed by atoms with Crippen molar-refractivity contribution in [1.82, 2.24) is 4.90 Å². The number of hydrogen-bond acceptors (Lipinski definition) is 2. The Bertz CT molecular complexity index is 233. The molecule has 0 heterocycles. The molecule has 0 fully saturated rings. The van der Waals surface area contributed by atoms with Gasteiger partial charge in [-0.05, 0) is 19.0 Å². The Morgan fingerprint density at radius 3 is 2.38 bits per heavy atom. The summed E-state index contributed by atoms with van der Waals surface area (Å²) >= 11 is 4.43. The van der Waals surface area contributed by atoms with Crippen molar-refractivity contribution >= 4 is 12.6 Å². The quantitative estimate of drug-likeness (QED) is 0.571. The lowest BCUT2D eigenvalue weighted by Crippen LogP contribution is -2.28. The highest BCUT2D eigenvalue weighted by molar-refractivity contribution is 7.80. The highest BCUT2D eigenvalue weighted by atomic mass is 32.1. The number of rotatable bonds is 4. The summed E-state index contributed by atoms with van der Waals surface area (Å²) in [6, 6.07) is 10.5. The van der Waals surface area contributed by atoms with E-state index in [0.29, 0.717) is 5.37 Å². The molecule has 2 heteroatoms. The molecule has 0 bridgehead atoms. The zero-order valence-electron chi connectivity index (χ0n) is 8.27. The molecule has 0 aliphatic heterocycles. The zero-order chi connectivity index (χ0) is 9.68. The predicted octanol–water partition coefficient (Wildman–Crippen LogP) is 2.78. The van der Waals surface area contributed by atoms with Crippen LogP contribution in [0, 0.1) is 0 Å². The molecular formula is C11H17NS. The van der Waals surface area contributed by atoms with E-state index in [-0.39, 0.29) is 0 Å². The molecule has 1 atom stereocenters. The molecule has 1 nitrogen and oxygen atoms in total. The molecular weight excluding hydrogens is 178 g/mol. The van der Waals surface area contributed by atoms with Crippen molar-refractivity contribution in [2.24, 2.45) is 0 Å². The summed E-state index contributed by atoms with van der Waals surface area (Å²) in [7, 11) is 0. The summed E-state index contributed by atoms with van der Waals surface area (Å²) in [6.45, 7) is 6.30. The lowest BCUT2D eigenvalue weighted by atomic mass is 10.2. The Hall–Kier alpha value is -0.470. The molecule has 1 aromatic rings. The first kappa shape index (κ1) is 10.6. The first-order valence-corrected chi connectivity index (χ1v) is 5.21. The third-order valence-electron chi connectivity index (χ3n) is 2.16. The van der Waals surface area contributed by atoms with Crippen LogP contribution in [0.2, 0.25) is 0 Å². The van der Waals surface area contributed by atoms with Crippen LogP contribution < -0.4 is 0 Å². The molecule has 1 rings (SSSR count). The SMILES string of the molecule is CCN(Cc1ccccc1)C(C)S. The molecule has 0 saturated carbocycles. The van der Waals surface area contributed by atoms with Gasteiger partial charge in [0.2, 0.25) is 0 Å². The average Bonchev–Trinajstić information content (AvgIpc) is 2.15. The van der Waals surface area contributed by atoms with E-state index < -0.39 is 0 Å². The summed E-state index contributed by atoms with van der Waals surface area (Å²) in [4.78, 5) is 2.32. The van der Waals surface area contributed by atoms with Gasteiger partial charge in [-0.2, -0.15) is 12.6 Å². The second-order valence-corrected chi connectivity index (χ2v) is 3.93. The van der Waals surface area contributed by atoms with Crippen LogP contribution in [-0.4, -0.2) is 16.8 Å². The van der Waals surface area contributed by atoms with Gasteiger partial charge in [-0.3, -0.25) is 4.90 Å². The maximum atomic E-state index is 4.43. The first-order chi connectivity index (χ1) is 6.24. The van der Waals surface area contributed by atoms with E-state index in [4.69, 9.17) is 0 Å². The van der Waals surface area contributed by atoms with E-state index in [1.165, 1.54) is 5.56 Å². The standard InChI is InChI=1S/C11H17NS/c1-3-12(10(2)13)9-11-7-5-4-6-8-11/h4-8,10,13H,3,9H2,1-2H3. The third kappa shape index (κ3) is 3.41. The van der Waals surface area contributed by atoms with E-state index in [1.54, 1.807) is 0 Å². The predicted molar refractivity (Wildman–Crippen MR) is 61.0 cm³/mol. The summed E-state index contributed by atoms with van der Waals surface area (Å²) < 4.78 is 0. The van der Waals surface area contributed by atoms with Crippen molar-refractivity contribution in [3.05, 3.63) is 35.9 Å². The number of nitrogens with zero attached hydrogens (tertiary/aromatic N) is 1. The van der Waals surface area contributed by atoms with Crippen molar-refractivity contribution in [2.75, 3.05) is 6.54 Å². The maximum absolute atomic E-state index is 4.43. The van der Waals surface area contributed by atoms with Gasteiger partial charge in [-0.15, -0.1) is 0 Å². The van der Waals surface area contributed by atoms with Gasteiger partial charge in [-0.25, -0.2) is 0 Å². The molecule has 13 heavy (non-hydrogen) atoms. The topological polar surface area (TPSA) is 3.24 Å². The van der Waals surface area contributed by atoms with Gasteiger partial charge in [0.05, 0.1) is 5.37 Å². The molecule has 0 aliphatic carbocycles. The van der Waals surface area contributed by atoms with Gasteiger partial charge in [0.25, 0.3) is 0 Å². The van der Waals surface area contributed by atoms with E-state index in [0.717, 1.165) is 13.1 Å². The monoisotopic (exact) mass is 195 g/mol. The Kier molecular flexibility index (Phi) is 4.33. The van der Waals surface area contributed by atoms with Crippen LogP contribution in [0.5, 0.6) is 0 Å².